The summed E-state index contributed by atoms with van der Waals surface area (Å²) in [5.74, 6) is -1.48. The molecule has 7 heteroatoms. The van der Waals surface area contributed by atoms with Gasteiger partial charge in [0.05, 0.1) is 28.7 Å². The lowest BCUT2D eigenvalue weighted by molar-refractivity contribution is 0.102. The monoisotopic (exact) mass is 366 g/mol. The van der Waals surface area contributed by atoms with Crippen molar-refractivity contribution in [1.29, 1.82) is 5.26 Å². The first-order chi connectivity index (χ1) is 12.9. The predicted octanol–water partition coefficient (Wildman–Crippen LogP) is 4.40. The largest absolute Gasteiger partial charge is 0.322 e. The van der Waals surface area contributed by atoms with Gasteiger partial charge in [-0.2, -0.15) is 10.4 Å². The fourth-order valence-electron chi connectivity index (χ4n) is 2.76. The zero-order chi connectivity index (χ0) is 19.6. The van der Waals surface area contributed by atoms with E-state index in [-0.39, 0.29) is 17.3 Å². The minimum Gasteiger partial charge on any atom is -0.322 e. The van der Waals surface area contributed by atoms with E-state index >= 15 is 0 Å². The maximum atomic E-state index is 13.4. The van der Waals surface area contributed by atoms with Crippen molar-refractivity contribution in [1.82, 2.24) is 9.78 Å². The van der Waals surface area contributed by atoms with Gasteiger partial charge < -0.3 is 5.32 Å². The van der Waals surface area contributed by atoms with Crippen molar-refractivity contribution in [2.24, 2.45) is 0 Å². The van der Waals surface area contributed by atoms with E-state index in [1.165, 1.54) is 30.5 Å². The molecule has 0 saturated carbocycles. The van der Waals surface area contributed by atoms with Crippen LogP contribution in [0.3, 0.4) is 0 Å². The summed E-state index contributed by atoms with van der Waals surface area (Å²) in [5.41, 5.74) is 1.78. The Morgan fingerprint density at radius 2 is 1.89 bits per heavy atom. The van der Waals surface area contributed by atoms with Crippen LogP contribution < -0.4 is 5.32 Å². The predicted molar refractivity (Wildman–Crippen MR) is 96.7 cm³/mol. The smallest absolute Gasteiger partial charge is 0.259 e. The van der Waals surface area contributed by atoms with Crippen molar-refractivity contribution in [3.63, 3.8) is 0 Å². The Labute approximate surface area is 154 Å². The summed E-state index contributed by atoms with van der Waals surface area (Å²) in [6.45, 7) is 3.83. The number of nitrogens with one attached hydrogen (secondary N) is 1. The van der Waals surface area contributed by atoms with Crippen molar-refractivity contribution in [2.45, 2.75) is 19.8 Å². The Kier molecular flexibility index (Phi) is 4.99. The van der Waals surface area contributed by atoms with E-state index in [2.05, 4.69) is 10.4 Å². The molecule has 5 nitrogen and oxygen atoms in total. The normalized spacial score (nSPS) is 10.7. The molecule has 1 heterocycles. The topological polar surface area (TPSA) is 70.7 Å². The molecule has 2 aromatic carbocycles. The second kappa shape index (κ2) is 7.38. The number of nitrogens with zero attached hydrogens (tertiary/aromatic N) is 3. The molecule has 3 aromatic rings. The second-order valence-corrected chi connectivity index (χ2v) is 6.25. The number of benzene rings is 2. The quantitative estimate of drug-likeness (QED) is 0.744. The third kappa shape index (κ3) is 3.70. The number of hydrogen-bond acceptors (Lipinski definition) is 3. The van der Waals surface area contributed by atoms with E-state index in [0.717, 1.165) is 6.07 Å². The molecule has 0 fully saturated rings. The van der Waals surface area contributed by atoms with Crippen LogP contribution in [0.15, 0.2) is 48.7 Å². The zero-order valence-corrected chi connectivity index (χ0v) is 14.7. The highest BCUT2D eigenvalue weighted by molar-refractivity contribution is 6.05. The van der Waals surface area contributed by atoms with Gasteiger partial charge in [-0.15, -0.1) is 0 Å². The second-order valence-electron chi connectivity index (χ2n) is 6.25. The van der Waals surface area contributed by atoms with Crippen molar-refractivity contribution >= 4 is 11.6 Å². The van der Waals surface area contributed by atoms with Crippen LogP contribution in [0.5, 0.6) is 0 Å². The number of carbonyl (C=O) groups excluding carboxylic acids is 1. The average Bonchev–Trinajstić information content (AvgIpc) is 3.09. The molecule has 0 aliphatic carbocycles. The fraction of sp³-hybridized carbons (Fsp3) is 0.150. The molecule has 0 atom stereocenters. The Hall–Kier alpha value is -3.53. The highest BCUT2D eigenvalue weighted by Crippen LogP contribution is 2.24. The van der Waals surface area contributed by atoms with Gasteiger partial charge in [-0.05, 0) is 48.4 Å². The first kappa shape index (κ1) is 18.3. The van der Waals surface area contributed by atoms with Crippen molar-refractivity contribution in [3.8, 4) is 11.8 Å². The Morgan fingerprint density at radius 1 is 1.19 bits per heavy atom. The van der Waals surface area contributed by atoms with Gasteiger partial charge in [0.2, 0.25) is 0 Å². The molecule has 0 unspecified atom stereocenters. The zero-order valence-electron chi connectivity index (χ0n) is 14.7. The van der Waals surface area contributed by atoms with E-state index in [1.54, 1.807) is 22.9 Å². The lowest BCUT2D eigenvalue weighted by Gasteiger charge is -2.13. The van der Waals surface area contributed by atoms with E-state index in [9.17, 15) is 13.6 Å². The number of rotatable bonds is 4. The van der Waals surface area contributed by atoms with Gasteiger partial charge >= 0.3 is 0 Å². The molecule has 1 aromatic heterocycles. The van der Waals surface area contributed by atoms with E-state index in [0.29, 0.717) is 22.6 Å². The number of aromatic nitrogens is 2. The number of amides is 1. The van der Waals surface area contributed by atoms with E-state index in [4.69, 9.17) is 5.26 Å². The lowest BCUT2D eigenvalue weighted by atomic mass is 10.0. The van der Waals surface area contributed by atoms with Crippen LogP contribution in [0.2, 0.25) is 0 Å². The van der Waals surface area contributed by atoms with Crippen molar-refractivity contribution < 1.29 is 13.6 Å². The van der Waals surface area contributed by atoms with Crippen LogP contribution in [-0.4, -0.2) is 15.7 Å². The fourth-order valence-corrected chi connectivity index (χ4v) is 2.76. The molecule has 0 radical (unpaired) electrons. The van der Waals surface area contributed by atoms with Gasteiger partial charge in [0.25, 0.3) is 5.91 Å². The highest BCUT2D eigenvalue weighted by Gasteiger charge is 2.21. The molecule has 0 aliphatic rings. The third-order valence-electron chi connectivity index (χ3n) is 4.01. The molecule has 0 bridgehead atoms. The maximum Gasteiger partial charge on any atom is 0.259 e. The van der Waals surface area contributed by atoms with Crippen LogP contribution in [0.1, 0.15) is 41.4 Å². The van der Waals surface area contributed by atoms with Crippen molar-refractivity contribution in [2.75, 3.05) is 5.32 Å². The lowest BCUT2D eigenvalue weighted by Crippen LogP contribution is -2.15. The first-order valence-electron chi connectivity index (χ1n) is 8.25. The summed E-state index contributed by atoms with van der Waals surface area (Å²) < 4.78 is 28.2. The van der Waals surface area contributed by atoms with Crippen LogP contribution in [-0.2, 0) is 0 Å². The summed E-state index contributed by atoms with van der Waals surface area (Å²) >= 11 is 0. The van der Waals surface area contributed by atoms with Gasteiger partial charge in [-0.3, -0.25) is 4.79 Å². The van der Waals surface area contributed by atoms with Gasteiger partial charge in [-0.25, -0.2) is 13.5 Å². The van der Waals surface area contributed by atoms with Crippen molar-refractivity contribution in [3.05, 3.63) is 77.1 Å². The molecule has 1 N–H and O–H groups in total. The first-order valence-corrected chi connectivity index (χ1v) is 8.25. The SMILES string of the molecule is CC(C)c1c(C(=O)Nc2ccc(F)c(C#N)c2)cnn1-c1ccc(F)cc1. The number of carbonyl (C=O) groups is 1. The van der Waals surface area contributed by atoms with Gasteiger partial charge in [0.1, 0.15) is 17.7 Å². The summed E-state index contributed by atoms with van der Waals surface area (Å²) in [7, 11) is 0. The minimum absolute atomic E-state index is 0.0406. The highest BCUT2D eigenvalue weighted by atomic mass is 19.1. The summed E-state index contributed by atoms with van der Waals surface area (Å²) in [6, 6.07) is 11.3. The van der Waals surface area contributed by atoms with E-state index in [1.807, 2.05) is 13.8 Å². The third-order valence-corrected chi connectivity index (χ3v) is 4.01. The molecular formula is C20H16F2N4O. The van der Waals surface area contributed by atoms with Crippen LogP contribution >= 0.6 is 0 Å². The van der Waals surface area contributed by atoms with Gasteiger partial charge in [0, 0.05) is 5.69 Å². The van der Waals surface area contributed by atoms with E-state index < -0.39 is 11.7 Å². The number of anilines is 1. The summed E-state index contributed by atoms with van der Waals surface area (Å²) in [5, 5.41) is 15.8. The summed E-state index contributed by atoms with van der Waals surface area (Å²) in [4.78, 5) is 12.7. The molecule has 3 rings (SSSR count). The Bertz CT molecular complexity index is 1030. The molecule has 136 valence electrons. The minimum atomic E-state index is -0.650. The molecule has 0 aliphatic heterocycles. The molecule has 27 heavy (non-hydrogen) atoms. The molecular weight excluding hydrogens is 350 g/mol. The average molecular weight is 366 g/mol. The Morgan fingerprint density at radius 3 is 2.52 bits per heavy atom. The maximum absolute atomic E-state index is 13.4. The Balaban J connectivity index is 1.96. The standard InChI is InChI=1S/C20H16F2N4O/c1-12(2)19-17(11-24-26(19)16-6-3-14(21)4-7-16)20(27)25-15-5-8-18(22)13(9-15)10-23/h3-9,11-12H,1-2H3,(H,25,27). The molecule has 1 amide bonds. The van der Waals surface area contributed by atoms with Crippen LogP contribution in [0, 0.1) is 23.0 Å². The van der Waals surface area contributed by atoms with Crippen LogP contribution in [0.4, 0.5) is 14.5 Å². The number of halogens is 2. The van der Waals surface area contributed by atoms with Gasteiger partial charge in [0.15, 0.2) is 0 Å². The summed E-state index contributed by atoms with van der Waals surface area (Å²) in [6.07, 6.45) is 1.43. The number of nitriles is 1. The molecule has 0 saturated heterocycles. The van der Waals surface area contributed by atoms with Gasteiger partial charge in [-0.1, -0.05) is 13.8 Å². The van der Waals surface area contributed by atoms with Crippen LogP contribution in [0.25, 0.3) is 5.69 Å². The number of hydrogen-bond donors (Lipinski definition) is 1. The molecule has 0 spiro atoms.